The van der Waals surface area contributed by atoms with Crippen molar-refractivity contribution in [1.29, 1.82) is 0 Å². The molecule has 6 nitrogen and oxygen atoms in total. The molecule has 0 spiro atoms. The Morgan fingerprint density at radius 1 is 1.02 bits per heavy atom. The molecule has 8 heteroatoms. The van der Waals surface area contributed by atoms with E-state index in [1.165, 1.54) is 0 Å². The zero-order valence-corrected chi connectivity index (χ0v) is 24.9. The number of carbonyl (C=O) groups excluding carboxylic acids is 1. The number of benzene rings is 3. The Morgan fingerprint density at radius 3 is 2.27 bits per heavy atom. The van der Waals surface area contributed by atoms with Gasteiger partial charge in [-0.05, 0) is 98.2 Å². The molecule has 2 heterocycles. The van der Waals surface area contributed by atoms with Crippen molar-refractivity contribution in [3.05, 3.63) is 87.9 Å². The molecule has 0 bridgehead atoms. The van der Waals surface area contributed by atoms with E-state index in [1.54, 1.807) is 7.11 Å². The molecule has 3 aromatic rings. The smallest absolute Gasteiger partial charge is 0.232 e. The summed E-state index contributed by atoms with van der Waals surface area (Å²) < 4.78 is 23.6. The zero-order chi connectivity index (χ0) is 28.6. The van der Waals surface area contributed by atoms with Gasteiger partial charge in [0.2, 0.25) is 5.91 Å². The minimum atomic E-state index is -1.04. The van der Waals surface area contributed by atoms with Gasteiger partial charge in [-0.3, -0.25) is 9.00 Å². The lowest BCUT2D eigenvalue weighted by Crippen LogP contribution is -2.41. The molecule has 0 radical (unpaired) electrons. The van der Waals surface area contributed by atoms with Crippen LogP contribution in [-0.4, -0.2) is 39.9 Å². The summed E-state index contributed by atoms with van der Waals surface area (Å²) in [6.45, 7) is 5.77. The Balaban J connectivity index is 1.56. The number of ether oxygens (including phenoxy) is 2. The van der Waals surface area contributed by atoms with Crippen molar-refractivity contribution < 1.29 is 23.6 Å². The number of methoxy groups -OCH3 is 1. The van der Waals surface area contributed by atoms with E-state index in [1.807, 2.05) is 86.3 Å². The lowest BCUT2D eigenvalue weighted by atomic mass is 9.79. The van der Waals surface area contributed by atoms with E-state index in [-0.39, 0.29) is 24.3 Å². The molecular formula is C32H36ClNO5S. The Labute approximate surface area is 243 Å². The van der Waals surface area contributed by atoms with Crippen molar-refractivity contribution in [2.45, 2.75) is 57.8 Å². The molecule has 2 aliphatic rings. The lowest BCUT2D eigenvalue weighted by Gasteiger charge is -2.39. The highest BCUT2D eigenvalue weighted by Crippen LogP contribution is 2.44. The average Bonchev–Trinajstić information content (AvgIpc) is 2.93. The van der Waals surface area contributed by atoms with Gasteiger partial charge in [-0.1, -0.05) is 35.9 Å². The predicted molar refractivity (Wildman–Crippen MR) is 160 cm³/mol. The molecule has 0 aliphatic carbocycles. The van der Waals surface area contributed by atoms with Gasteiger partial charge in [-0.2, -0.15) is 0 Å². The highest BCUT2D eigenvalue weighted by Gasteiger charge is 2.38. The van der Waals surface area contributed by atoms with Crippen molar-refractivity contribution in [1.82, 2.24) is 0 Å². The summed E-state index contributed by atoms with van der Waals surface area (Å²) in [5, 5.41) is 12.1. The summed E-state index contributed by atoms with van der Waals surface area (Å²) in [6.07, 6.45) is 1.63. The number of fused-ring (bicyclic) bond motifs is 1. The zero-order valence-electron chi connectivity index (χ0n) is 23.4. The molecule has 40 heavy (non-hydrogen) atoms. The van der Waals surface area contributed by atoms with Gasteiger partial charge in [-0.25, -0.2) is 0 Å². The predicted octanol–water partition coefficient (Wildman–Crippen LogP) is 6.18. The summed E-state index contributed by atoms with van der Waals surface area (Å²) in [5.41, 5.74) is 3.26. The molecule has 1 saturated heterocycles. The number of hydrogen-bond donors (Lipinski definition) is 1. The minimum absolute atomic E-state index is 0.0377. The second-order valence-corrected chi connectivity index (χ2v) is 13.2. The lowest BCUT2D eigenvalue weighted by molar-refractivity contribution is -0.118. The van der Waals surface area contributed by atoms with Crippen LogP contribution in [0, 0.1) is 5.92 Å². The Bertz CT molecular complexity index is 1390. The molecule has 0 unspecified atom stereocenters. The van der Waals surface area contributed by atoms with E-state index < -0.39 is 22.4 Å². The first-order valence-corrected chi connectivity index (χ1v) is 15.6. The van der Waals surface area contributed by atoms with Crippen molar-refractivity contribution in [2.24, 2.45) is 5.92 Å². The van der Waals surface area contributed by atoms with Gasteiger partial charge < -0.3 is 19.5 Å². The Morgan fingerprint density at radius 2 is 1.68 bits per heavy atom. The standard InChI is InChI=1S/C32H36ClNO5S/c1-20(2)39-29-19-27-22(17-28(29)38-4)18-30(35)34(31(27)21-5-9-25(33)10-6-21)26-11-7-23(8-12-26)32(3,36)24-13-15-40(37)16-14-24/h5-12,17,19-20,24,31,36H,13-16,18H2,1-4H3/t24?,31-,32-,40?/m0/s1. The number of hydrogen-bond acceptors (Lipinski definition) is 5. The normalized spacial score (nSPS) is 22.5. The van der Waals surface area contributed by atoms with E-state index in [0.717, 1.165) is 40.8 Å². The summed E-state index contributed by atoms with van der Waals surface area (Å²) >= 11 is 6.23. The van der Waals surface area contributed by atoms with Crippen molar-refractivity contribution >= 4 is 34.0 Å². The molecule has 2 aliphatic heterocycles. The van der Waals surface area contributed by atoms with E-state index in [4.69, 9.17) is 21.1 Å². The quantitative estimate of drug-likeness (QED) is 0.360. The maximum absolute atomic E-state index is 13.8. The summed E-state index contributed by atoms with van der Waals surface area (Å²) in [6, 6.07) is 18.7. The Kier molecular flexibility index (Phi) is 8.27. The maximum Gasteiger partial charge on any atom is 0.232 e. The third-order valence-electron chi connectivity index (χ3n) is 8.05. The van der Waals surface area contributed by atoms with E-state index >= 15 is 0 Å². The topological polar surface area (TPSA) is 76.1 Å². The van der Waals surface area contributed by atoms with E-state index in [9.17, 15) is 14.1 Å². The molecule has 0 aromatic heterocycles. The first-order valence-electron chi connectivity index (χ1n) is 13.7. The highest BCUT2D eigenvalue weighted by atomic mass is 35.5. The third-order valence-corrected chi connectivity index (χ3v) is 9.68. The first-order chi connectivity index (χ1) is 19.1. The second kappa shape index (κ2) is 11.6. The van der Waals surface area contributed by atoms with Crippen LogP contribution in [0.15, 0.2) is 60.7 Å². The molecule has 2 atom stereocenters. The molecule has 3 aromatic carbocycles. The molecular weight excluding hydrogens is 546 g/mol. The first kappa shape index (κ1) is 28.7. The molecule has 1 N–H and O–H groups in total. The molecule has 5 rings (SSSR count). The van der Waals surface area contributed by atoms with E-state index in [0.29, 0.717) is 28.0 Å². The monoisotopic (exact) mass is 581 g/mol. The largest absolute Gasteiger partial charge is 0.493 e. The van der Waals surface area contributed by atoms with Gasteiger partial charge in [0.25, 0.3) is 0 Å². The van der Waals surface area contributed by atoms with Gasteiger partial charge in [0.15, 0.2) is 11.5 Å². The number of amides is 1. The molecule has 212 valence electrons. The fourth-order valence-corrected chi connectivity index (χ4v) is 7.30. The van der Waals surface area contributed by atoms with Crippen molar-refractivity contribution in [3.8, 4) is 11.5 Å². The number of carbonyl (C=O) groups is 1. The fourth-order valence-electron chi connectivity index (χ4n) is 5.88. The average molecular weight is 582 g/mol. The van der Waals surface area contributed by atoms with Crippen LogP contribution in [0.3, 0.4) is 0 Å². The van der Waals surface area contributed by atoms with Gasteiger partial charge in [0.1, 0.15) is 0 Å². The summed E-state index contributed by atoms with van der Waals surface area (Å²) in [7, 11) is 0.810. The fraction of sp³-hybridized carbons (Fsp3) is 0.406. The van der Waals surface area contributed by atoms with Gasteiger partial charge >= 0.3 is 0 Å². The number of rotatable bonds is 7. The SMILES string of the molecule is COc1cc2c(cc1OC(C)C)[C@H](c1ccc(Cl)cc1)N(c1ccc([C@](C)(O)C3CCS(=O)CC3)cc1)C(=O)C2. The molecule has 1 fully saturated rings. The number of aliphatic hydroxyl groups is 1. The number of nitrogens with zero attached hydrogens (tertiary/aromatic N) is 1. The molecule has 0 saturated carbocycles. The van der Waals surface area contributed by atoms with Gasteiger partial charge in [-0.15, -0.1) is 0 Å². The van der Waals surface area contributed by atoms with Crippen LogP contribution in [-0.2, 0) is 27.6 Å². The van der Waals surface area contributed by atoms with Crippen LogP contribution in [0.1, 0.15) is 61.9 Å². The van der Waals surface area contributed by atoms with E-state index in [2.05, 4.69) is 0 Å². The highest BCUT2D eigenvalue weighted by molar-refractivity contribution is 7.85. The van der Waals surface area contributed by atoms with Crippen molar-refractivity contribution in [2.75, 3.05) is 23.5 Å². The van der Waals surface area contributed by atoms with Crippen LogP contribution < -0.4 is 14.4 Å². The summed E-state index contributed by atoms with van der Waals surface area (Å²) in [4.78, 5) is 15.6. The van der Waals surface area contributed by atoms with Crippen LogP contribution in [0.2, 0.25) is 5.02 Å². The van der Waals surface area contributed by atoms with Crippen LogP contribution in [0.4, 0.5) is 5.69 Å². The third kappa shape index (κ3) is 5.65. The number of anilines is 1. The maximum atomic E-state index is 13.8. The summed E-state index contributed by atoms with van der Waals surface area (Å²) in [5.74, 6) is 2.47. The second-order valence-electron chi connectivity index (χ2n) is 11.1. The Hall–Kier alpha value is -2.87. The van der Waals surface area contributed by atoms with Gasteiger partial charge in [0, 0.05) is 33.0 Å². The molecule has 1 amide bonds. The van der Waals surface area contributed by atoms with Crippen LogP contribution in [0.5, 0.6) is 11.5 Å². The van der Waals surface area contributed by atoms with Crippen molar-refractivity contribution in [3.63, 3.8) is 0 Å². The van der Waals surface area contributed by atoms with Crippen LogP contribution in [0.25, 0.3) is 0 Å². The van der Waals surface area contributed by atoms with Crippen LogP contribution >= 0.6 is 11.6 Å². The minimum Gasteiger partial charge on any atom is -0.493 e. The number of halogens is 1. The van der Waals surface area contributed by atoms with Gasteiger partial charge in [0.05, 0.1) is 31.3 Å².